The Kier molecular flexibility index (Phi) is 4.70. The highest BCUT2D eigenvalue weighted by molar-refractivity contribution is 6.07. The number of halogens is 1. The van der Waals surface area contributed by atoms with Crippen molar-refractivity contribution in [2.75, 3.05) is 0 Å². The van der Waals surface area contributed by atoms with Gasteiger partial charge >= 0.3 is 0 Å². The molecule has 0 atom stereocenters. The van der Waals surface area contributed by atoms with Crippen LogP contribution in [0.3, 0.4) is 0 Å². The Bertz CT molecular complexity index is 1390. The molecule has 0 saturated heterocycles. The van der Waals surface area contributed by atoms with E-state index in [2.05, 4.69) is 58.5 Å². The molecule has 0 saturated carbocycles. The third-order valence-corrected chi connectivity index (χ3v) is 5.08. The number of benzene rings is 3. The van der Waals surface area contributed by atoms with Gasteiger partial charge in [0.05, 0.1) is 0 Å². The molecule has 2 heterocycles. The second kappa shape index (κ2) is 7.80. The Balaban J connectivity index is 1.50. The van der Waals surface area contributed by atoms with E-state index in [9.17, 15) is 4.39 Å². The molecule has 5 rings (SSSR count). The predicted molar refractivity (Wildman–Crippen MR) is 124 cm³/mol. The van der Waals surface area contributed by atoms with Gasteiger partial charge in [-0.2, -0.15) is 0 Å². The highest BCUT2D eigenvalue weighted by Crippen LogP contribution is 2.27. The summed E-state index contributed by atoms with van der Waals surface area (Å²) in [5.74, 6) is -0.238. The van der Waals surface area contributed by atoms with Gasteiger partial charge in [-0.15, -0.1) is 0 Å². The van der Waals surface area contributed by atoms with Crippen LogP contribution < -0.4 is 0 Å². The summed E-state index contributed by atoms with van der Waals surface area (Å²) >= 11 is 0. The Labute approximate surface area is 174 Å². The second-order valence-corrected chi connectivity index (χ2v) is 7.23. The fourth-order valence-corrected chi connectivity index (χ4v) is 3.56. The van der Waals surface area contributed by atoms with Crippen molar-refractivity contribution in [2.24, 2.45) is 0 Å². The SMILES string of the molecule is Fc1cccc(/C=C/c2cnc3[nH]c4ccc(/C=C/c5ccccc5)cc4c3c2)c1. The number of nitrogens with zero attached hydrogens (tertiary/aromatic N) is 1. The number of H-pyrrole nitrogens is 1. The van der Waals surface area contributed by atoms with E-state index in [4.69, 9.17) is 0 Å². The van der Waals surface area contributed by atoms with Crippen molar-refractivity contribution < 1.29 is 4.39 Å². The predicted octanol–water partition coefficient (Wildman–Crippen LogP) is 7.20. The van der Waals surface area contributed by atoms with E-state index in [1.54, 1.807) is 6.07 Å². The number of nitrogens with one attached hydrogen (secondary N) is 1. The molecule has 0 radical (unpaired) electrons. The van der Waals surface area contributed by atoms with Crippen LogP contribution in [-0.4, -0.2) is 9.97 Å². The lowest BCUT2D eigenvalue weighted by atomic mass is 10.1. The fraction of sp³-hybridized carbons (Fsp3) is 0. The first kappa shape index (κ1) is 18.1. The van der Waals surface area contributed by atoms with Crippen molar-refractivity contribution in [3.63, 3.8) is 0 Å². The molecule has 0 spiro atoms. The van der Waals surface area contributed by atoms with E-state index >= 15 is 0 Å². The third kappa shape index (κ3) is 3.78. The van der Waals surface area contributed by atoms with Gasteiger partial charge in [-0.1, -0.05) is 72.8 Å². The molecule has 5 aromatic rings. The van der Waals surface area contributed by atoms with Crippen molar-refractivity contribution in [1.29, 1.82) is 0 Å². The fourth-order valence-electron chi connectivity index (χ4n) is 3.56. The lowest BCUT2D eigenvalue weighted by Gasteiger charge is -1.98. The van der Waals surface area contributed by atoms with Gasteiger partial charge in [-0.3, -0.25) is 0 Å². The molecule has 30 heavy (non-hydrogen) atoms. The molecule has 0 bridgehead atoms. The van der Waals surface area contributed by atoms with Gasteiger partial charge in [-0.25, -0.2) is 9.37 Å². The molecule has 2 aromatic heterocycles. The number of fused-ring (bicyclic) bond motifs is 3. The Morgan fingerprint density at radius 3 is 2.17 bits per heavy atom. The Hall–Kier alpha value is -3.98. The highest BCUT2D eigenvalue weighted by Gasteiger charge is 2.06. The molecule has 144 valence electrons. The monoisotopic (exact) mass is 390 g/mol. The molecule has 0 aliphatic heterocycles. The summed E-state index contributed by atoms with van der Waals surface area (Å²) in [4.78, 5) is 7.95. The molecule has 0 amide bonds. The number of rotatable bonds is 4. The zero-order valence-electron chi connectivity index (χ0n) is 16.2. The highest BCUT2D eigenvalue weighted by atomic mass is 19.1. The molecule has 0 unspecified atom stereocenters. The van der Waals surface area contributed by atoms with Crippen molar-refractivity contribution in [3.05, 3.63) is 113 Å². The van der Waals surface area contributed by atoms with Crippen LogP contribution in [0.25, 0.3) is 46.2 Å². The molecular formula is C27H19FN2. The van der Waals surface area contributed by atoms with Gasteiger partial charge in [0.25, 0.3) is 0 Å². The maximum atomic E-state index is 13.4. The molecule has 0 fully saturated rings. The van der Waals surface area contributed by atoms with Crippen molar-refractivity contribution >= 4 is 46.2 Å². The van der Waals surface area contributed by atoms with Crippen LogP contribution in [0.2, 0.25) is 0 Å². The van der Waals surface area contributed by atoms with Gasteiger partial charge in [0.1, 0.15) is 11.5 Å². The summed E-state index contributed by atoms with van der Waals surface area (Å²) in [6.07, 6.45) is 9.91. The van der Waals surface area contributed by atoms with Gasteiger partial charge in [0, 0.05) is 22.5 Å². The maximum absolute atomic E-state index is 13.4. The molecular weight excluding hydrogens is 371 g/mol. The van der Waals surface area contributed by atoms with Crippen molar-refractivity contribution in [2.45, 2.75) is 0 Å². The largest absolute Gasteiger partial charge is 0.339 e. The van der Waals surface area contributed by atoms with Gasteiger partial charge in [0.15, 0.2) is 0 Å². The molecule has 2 nitrogen and oxygen atoms in total. The quantitative estimate of drug-likeness (QED) is 0.323. The number of hydrogen-bond acceptors (Lipinski definition) is 1. The molecule has 1 N–H and O–H groups in total. The first-order chi connectivity index (χ1) is 14.7. The van der Waals surface area contributed by atoms with E-state index in [-0.39, 0.29) is 5.82 Å². The molecule has 3 heteroatoms. The van der Waals surface area contributed by atoms with Crippen LogP contribution in [0.1, 0.15) is 22.3 Å². The Morgan fingerprint density at radius 2 is 1.33 bits per heavy atom. The standard InChI is InChI=1S/C27H19FN2/c28-23-8-4-7-20(15-23)11-12-22-17-25-24-16-21(10-9-19-5-2-1-3-6-19)13-14-26(24)30-27(25)29-18-22/h1-18H,(H,29,30)/b10-9+,12-11+. The van der Waals surface area contributed by atoms with Crippen LogP contribution in [0.5, 0.6) is 0 Å². The number of aromatic nitrogens is 2. The zero-order chi connectivity index (χ0) is 20.3. The van der Waals surface area contributed by atoms with E-state index in [0.29, 0.717) is 0 Å². The van der Waals surface area contributed by atoms with Crippen LogP contribution in [0, 0.1) is 5.82 Å². The minimum absolute atomic E-state index is 0.238. The summed E-state index contributed by atoms with van der Waals surface area (Å²) in [6.45, 7) is 0. The normalized spacial score (nSPS) is 11.9. The topological polar surface area (TPSA) is 28.7 Å². The smallest absolute Gasteiger partial charge is 0.138 e. The molecule has 0 aliphatic rings. The Morgan fingerprint density at radius 1 is 0.633 bits per heavy atom. The number of aromatic amines is 1. The van der Waals surface area contributed by atoms with Crippen LogP contribution >= 0.6 is 0 Å². The summed E-state index contributed by atoms with van der Waals surface area (Å²) in [5, 5.41) is 2.20. The van der Waals surface area contributed by atoms with E-state index in [1.165, 1.54) is 17.7 Å². The van der Waals surface area contributed by atoms with Gasteiger partial charge in [-0.05, 0) is 52.6 Å². The summed E-state index contributed by atoms with van der Waals surface area (Å²) < 4.78 is 13.4. The average molecular weight is 390 g/mol. The van der Waals surface area contributed by atoms with E-state index in [1.807, 2.05) is 42.6 Å². The minimum atomic E-state index is -0.238. The van der Waals surface area contributed by atoms with Crippen molar-refractivity contribution in [1.82, 2.24) is 9.97 Å². The van der Waals surface area contributed by atoms with Crippen LogP contribution in [-0.2, 0) is 0 Å². The first-order valence-electron chi connectivity index (χ1n) is 9.83. The van der Waals surface area contributed by atoms with Gasteiger partial charge in [0.2, 0.25) is 0 Å². The second-order valence-electron chi connectivity index (χ2n) is 7.23. The van der Waals surface area contributed by atoms with Crippen LogP contribution in [0.4, 0.5) is 4.39 Å². The number of hydrogen-bond donors (Lipinski definition) is 1. The average Bonchev–Trinajstić information content (AvgIpc) is 3.14. The van der Waals surface area contributed by atoms with E-state index < -0.39 is 0 Å². The number of pyridine rings is 1. The zero-order valence-corrected chi connectivity index (χ0v) is 16.2. The van der Waals surface area contributed by atoms with Gasteiger partial charge < -0.3 is 4.98 Å². The van der Waals surface area contributed by atoms with Crippen LogP contribution in [0.15, 0.2) is 85.1 Å². The molecule has 0 aliphatic carbocycles. The van der Waals surface area contributed by atoms with E-state index in [0.717, 1.165) is 38.6 Å². The third-order valence-electron chi connectivity index (χ3n) is 5.08. The maximum Gasteiger partial charge on any atom is 0.138 e. The lowest BCUT2D eigenvalue weighted by Crippen LogP contribution is -1.80. The van der Waals surface area contributed by atoms with Crippen molar-refractivity contribution in [3.8, 4) is 0 Å². The molecule has 3 aromatic carbocycles. The summed E-state index contributed by atoms with van der Waals surface area (Å²) in [6, 6.07) is 25.3. The first-order valence-corrected chi connectivity index (χ1v) is 9.83. The lowest BCUT2D eigenvalue weighted by molar-refractivity contribution is 0.627. The minimum Gasteiger partial charge on any atom is -0.339 e. The summed E-state index contributed by atoms with van der Waals surface area (Å²) in [5.41, 5.74) is 6.01. The summed E-state index contributed by atoms with van der Waals surface area (Å²) in [7, 11) is 0.